The molecule has 0 spiro atoms. The van der Waals surface area contributed by atoms with Crippen molar-refractivity contribution in [3.63, 3.8) is 0 Å². The fourth-order valence-corrected chi connectivity index (χ4v) is 3.95. The van der Waals surface area contributed by atoms with Gasteiger partial charge in [-0.2, -0.15) is 9.97 Å². The molecule has 4 rings (SSSR count). The summed E-state index contributed by atoms with van der Waals surface area (Å²) in [6.07, 6.45) is -3.57. The van der Waals surface area contributed by atoms with E-state index in [1.807, 2.05) is 30.3 Å². The first-order chi connectivity index (χ1) is 16.8. The Hall–Kier alpha value is -3.77. The van der Waals surface area contributed by atoms with Crippen molar-refractivity contribution in [2.45, 2.75) is 44.9 Å². The Bertz CT molecular complexity index is 1250. The number of nitrogens with one attached hydrogen (secondary N) is 1. The third-order valence-electron chi connectivity index (χ3n) is 5.20. The minimum atomic E-state index is -1.36. The highest BCUT2D eigenvalue weighted by molar-refractivity contribution is 6.28. The van der Waals surface area contributed by atoms with Gasteiger partial charge in [0.25, 0.3) is 0 Å². The van der Waals surface area contributed by atoms with Crippen molar-refractivity contribution >= 4 is 46.5 Å². The SMILES string of the molecule is COC(=O)[C@H]1O[C@@H](n2cnc3c(NCc4ccccc4)nc(Cl)nc32)[C@H](OC(C)=O)[C@@H]1OC(C)=O. The van der Waals surface area contributed by atoms with Crippen molar-refractivity contribution < 1.29 is 33.3 Å². The molecule has 3 heterocycles. The summed E-state index contributed by atoms with van der Waals surface area (Å²) in [5.74, 6) is -1.81. The molecule has 184 valence electrons. The van der Waals surface area contributed by atoms with Crippen molar-refractivity contribution in [3.8, 4) is 0 Å². The van der Waals surface area contributed by atoms with E-state index in [1.54, 1.807) is 0 Å². The molecule has 1 aliphatic heterocycles. The molecule has 0 saturated carbocycles. The zero-order chi connectivity index (χ0) is 25.1. The van der Waals surface area contributed by atoms with Gasteiger partial charge in [0.2, 0.25) is 5.28 Å². The predicted octanol–water partition coefficient (Wildman–Crippen LogP) is 2.03. The van der Waals surface area contributed by atoms with Crippen LogP contribution in [-0.4, -0.2) is 62.8 Å². The summed E-state index contributed by atoms with van der Waals surface area (Å²) in [4.78, 5) is 48.9. The van der Waals surface area contributed by atoms with Crippen molar-refractivity contribution in [3.05, 3.63) is 47.5 Å². The molecule has 3 aromatic rings. The quantitative estimate of drug-likeness (QED) is 0.287. The van der Waals surface area contributed by atoms with Gasteiger partial charge in [0.05, 0.1) is 13.4 Å². The van der Waals surface area contributed by atoms with Crippen molar-refractivity contribution in [1.82, 2.24) is 19.5 Å². The van der Waals surface area contributed by atoms with E-state index in [1.165, 1.54) is 17.8 Å². The molecule has 1 N–H and O–H groups in total. The molecule has 12 nitrogen and oxygen atoms in total. The minimum absolute atomic E-state index is 0.0714. The van der Waals surface area contributed by atoms with E-state index in [2.05, 4.69) is 20.3 Å². The van der Waals surface area contributed by atoms with Gasteiger partial charge in [-0.25, -0.2) is 9.78 Å². The molecule has 4 atom stereocenters. The van der Waals surface area contributed by atoms with Gasteiger partial charge in [-0.05, 0) is 17.2 Å². The summed E-state index contributed by atoms with van der Waals surface area (Å²) in [7, 11) is 1.16. The van der Waals surface area contributed by atoms with Crippen LogP contribution < -0.4 is 5.32 Å². The number of carbonyl (C=O) groups excluding carboxylic acids is 3. The zero-order valence-corrected chi connectivity index (χ0v) is 19.8. The lowest BCUT2D eigenvalue weighted by atomic mass is 10.1. The molecule has 0 bridgehead atoms. The number of benzene rings is 1. The minimum Gasteiger partial charge on any atom is -0.467 e. The number of rotatable bonds is 7. The molecule has 0 unspecified atom stereocenters. The Kier molecular flexibility index (Phi) is 7.12. The largest absolute Gasteiger partial charge is 0.467 e. The van der Waals surface area contributed by atoms with E-state index in [0.29, 0.717) is 17.9 Å². The number of fused-ring (bicyclic) bond motifs is 1. The van der Waals surface area contributed by atoms with Crippen LogP contribution in [0.4, 0.5) is 5.82 Å². The van der Waals surface area contributed by atoms with Gasteiger partial charge in [-0.1, -0.05) is 30.3 Å². The average Bonchev–Trinajstić information content (AvgIpc) is 3.38. The second kappa shape index (κ2) is 10.2. The van der Waals surface area contributed by atoms with Crippen molar-refractivity contribution in [1.29, 1.82) is 0 Å². The van der Waals surface area contributed by atoms with Gasteiger partial charge < -0.3 is 24.3 Å². The summed E-state index contributed by atoms with van der Waals surface area (Å²) in [6.45, 7) is 2.80. The first kappa shape index (κ1) is 24.4. The number of carbonyl (C=O) groups is 3. The van der Waals surface area contributed by atoms with Crippen LogP contribution in [0.5, 0.6) is 0 Å². The molecular formula is C22H22ClN5O7. The zero-order valence-electron chi connectivity index (χ0n) is 19.0. The molecule has 1 aromatic carbocycles. The molecule has 1 fully saturated rings. The van der Waals surface area contributed by atoms with Gasteiger partial charge >= 0.3 is 17.9 Å². The fraction of sp³-hybridized carbons (Fsp3) is 0.364. The maximum absolute atomic E-state index is 12.4. The third kappa shape index (κ3) is 5.17. The van der Waals surface area contributed by atoms with Crippen LogP contribution in [0.3, 0.4) is 0 Å². The highest BCUT2D eigenvalue weighted by atomic mass is 35.5. The topological polar surface area (TPSA) is 144 Å². The summed E-state index contributed by atoms with van der Waals surface area (Å²) < 4.78 is 22.8. The first-order valence-electron chi connectivity index (χ1n) is 10.5. The van der Waals surface area contributed by atoms with E-state index >= 15 is 0 Å². The Balaban J connectivity index is 1.73. The van der Waals surface area contributed by atoms with E-state index in [0.717, 1.165) is 19.6 Å². The number of methoxy groups -OCH3 is 1. The fourth-order valence-electron chi connectivity index (χ4n) is 3.79. The number of halogens is 1. The number of hydrogen-bond acceptors (Lipinski definition) is 11. The summed E-state index contributed by atoms with van der Waals surface area (Å²) in [6, 6.07) is 9.64. The van der Waals surface area contributed by atoms with Gasteiger partial charge in [0.1, 0.15) is 0 Å². The predicted molar refractivity (Wildman–Crippen MR) is 121 cm³/mol. The lowest BCUT2D eigenvalue weighted by molar-refractivity contribution is -0.169. The molecular weight excluding hydrogens is 482 g/mol. The first-order valence-corrected chi connectivity index (χ1v) is 10.9. The summed E-state index contributed by atoms with van der Waals surface area (Å²) in [5, 5.41) is 3.11. The van der Waals surface area contributed by atoms with Crippen LogP contribution in [-0.2, 0) is 39.9 Å². The highest BCUT2D eigenvalue weighted by Crippen LogP contribution is 2.37. The van der Waals surface area contributed by atoms with E-state index < -0.39 is 42.4 Å². The second-order valence-corrected chi connectivity index (χ2v) is 7.96. The van der Waals surface area contributed by atoms with Crippen LogP contribution in [0, 0.1) is 0 Å². The van der Waals surface area contributed by atoms with Crippen LogP contribution in [0.15, 0.2) is 36.7 Å². The molecule has 0 amide bonds. The van der Waals surface area contributed by atoms with Crippen LogP contribution in [0.2, 0.25) is 5.28 Å². The number of aromatic nitrogens is 4. The summed E-state index contributed by atoms with van der Waals surface area (Å²) >= 11 is 6.19. The number of anilines is 1. The Morgan fingerprint density at radius 1 is 1.09 bits per heavy atom. The lowest BCUT2D eigenvalue weighted by Crippen LogP contribution is -2.42. The highest BCUT2D eigenvalue weighted by Gasteiger charge is 2.54. The van der Waals surface area contributed by atoms with Gasteiger partial charge in [0, 0.05) is 20.4 Å². The Morgan fingerprint density at radius 2 is 1.77 bits per heavy atom. The number of esters is 3. The monoisotopic (exact) mass is 503 g/mol. The summed E-state index contributed by atoms with van der Waals surface area (Å²) in [5.41, 5.74) is 1.62. The average molecular weight is 504 g/mol. The van der Waals surface area contributed by atoms with Crippen molar-refractivity contribution in [2.24, 2.45) is 0 Å². The van der Waals surface area contributed by atoms with Crippen LogP contribution in [0.25, 0.3) is 11.2 Å². The standard InChI is InChI=1S/C22H22ClN5O7/c1-11(29)33-15-16(34-12(2)30)20(35-17(15)21(31)32-3)28-10-25-14-18(26-22(23)27-19(14)28)24-9-13-7-5-4-6-8-13/h4-8,10,15-17,20H,9H2,1-3H3,(H,24,26,27)/t15-,16+,17-,20+/m0/s1. The Morgan fingerprint density at radius 3 is 2.43 bits per heavy atom. The van der Waals surface area contributed by atoms with Gasteiger partial charge in [0.15, 0.2) is 41.5 Å². The molecule has 2 aromatic heterocycles. The van der Waals surface area contributed by atoms with Crippen molar-refractivity contribution in [2.75, 3.05) is 12.4 Å². The number of nitrogens with zero attached hydrogens (tertiary/aromatic N) is 4. The Labute approximate surface area is 204 Å². The molecule has 13 heteroatoms. The normalized spacial score (nSPS) is 21.5. The van der Waals surface area contributed by atoms with Gasteiger partial charge in [-0.3, -0.25) is 14.2 Å². The number of imidazole rings is 1. The number of hydrogen-bond donors (Lipinski definition) is 1. The van der Waals surface area contributed by atoms with E-state index in [-0.39, 0.29) is 10.9 Å². The maximum atomic E-state index is 12.4. The maximum Gasteiger partial charge on any atom is 0.339 e. The van der Waals surface area contributed by atoms with Crippen LogP contribution >= 0.6 is 11.6 Å². The van der Waals surface area contributed by atoms with E-state index in [9.17, 15) is 14.4 Å². The molecule has 1 aliphatic rings. The van der Waals surface area contributed by atoms with Gasteiger partial charge in [-0.15, -0.1) is 0 Å². The number of ether oxygens (including phenoxy) is 4. The van der Waals surface area contributed by atoms with Crippen LogP contribution in [0.1, 0.15) is 25.6 Å². The molecule has 35 heavy (non-hydrogen) atoms. The smallest absolute Gasteiger partial charge is 0.339 e. The lowest BCUT2D eigenvalue weighted by Gasteiger charge is -2.23. The molecule has 0 aliphatic carbocycles. The second-order valence-electron chi connectivity index (χ2n) is 7.62. The third-order valence-corrected chi connectivity index (χ3v) is 5.37. The molecule has 1 saturated heterocycles. The molecule has 0 radical (unpaired) electrons. The van der Waals surface area contributed by atoms with E-state index in [4.69, 9.17) is 30.5 Å².